The molecule has 2 bridgehead atoms. The number of halogens is 1. The summed E-state index contributed by atoms with van der Waals surface area (Å²) in [6.07, 6.45) is 2.03. The van der Waals surface area contributed by atoms with E-state index in [1.165, 1.54) is 48.7 Å². The number of carbonyl (C=O) groups is 2. The second-order valence-electron chi connectivity index (χ2n) is 7.95. The number of ether oxygens (including phenoxy) is 2. The molecule has 182 valence electrons. The minimum Gasteiger partial charge on any atom is -0.494 e. The Labute approximate surface area is 195 Å². The molecule has 34 heavy (non-hydrogen) atoms. The SMILES string of the molecule is COc1ccc(Oc2ccc(S(=O)(=O)N3C[C@H]4CC[C@@H]([C@@H]3C(=O)NO)N4C(C)=O)cn2)cc1F. The maximum Gasteiger partial charge on any atom is 0.263 e. The van der Waals surface area contributed by atoms with Crippen molar-refractivity contribution in [1.82, 2.24) is 19.7 Å². The Hall–Kier alpha value is -3.29. The number of carbonyl (C=O) groups excluding carboxylic acids is 2. The van der Waals surface area contributed by atoms with Crippen LogP contribution in [0.1, 0.15) is 19.8 Å². The zero-order chi connectivity index (χ0) is 24.6. The first-order valence-corrected chi connectivity index (χ1v) is 11.8. The molecule has 0 spiro atoms. The minimum atomic E-state index is -4.22. The molecule has 3 heterocycles. The summed E-state index contributed by atoms with van der Waals surface area (Å²) in [4.78, 5) is 29.9. The van der Waals surface area contributed by atoms with Crippen LogP contribution in [0.2, 0.25) is 0 Å². The maximum absolute atomic E-state index is 13.9. The number of hydroxylamine groups is 1. The van der Waals surface area contributed by atoms with Gasteiger partial charge in [0.25, 0.3) is 5.91 Å². The van der Waals surface area contributed by atoms with Crippen molar-refractivity contribution >= 4 is 21.8 Å². The van der Waals surface area contributed by atoms with Gasteiger partial charge in [-0.25, -0.2) is 23.3 Å². The lowest BCUT2D eigenvalue weighted by atomic mass is 10.0. The van der Waals surface area contributed by atoms with E-state index in [1.54, 1.807) is 0 Å². The van der Waals surface area contributed by atoms with E-state index in [0.717, 1.165) is 16.6 Å². The first kappa shape index (κ1) is 23.9. The molecule has 13 heteroatoms. The fourth-order valence-electron chi connectivity index (χ4n) is 4.57. The zero-order valence-corrected chi connectivity index (χ0v) is 19.2. The lowest BCUT2D eigenvalue weighted by Crippen LogP contribution is -2.66. The predicted molar refractivity (Wildman–Crippen MR) is 114 cm³/mol. The molecule has 2 amide bonds. The number of rotatable bonds is 6. The van der Waals surface area contributed by atoms with Crippen molar-refractivity contribution in [3.8, 4) is 17.4 Å². The quantitative estimate of drug-likeness (QED) is 0.452. The second-order valence-corrected chi connectivity index (χ2v) is 9.84. The standard InChI is InChI=1S/C21H23FN4O7S/c1-12(27)26-13-3-6-17(26)20(21(28)24-29)25(11-13)34(30,31)15-5-8-19(23-10-15)33-14-4-7-18(32-2)16(22)9-14/h4-5,7-10,13,17,20,29H,3,6,11H2,1-2H3,(H,24,28)/t13-,17+,20-/m1/s1. The van der Waals surface area contributed by atoms with E-state index in [1.807, 2.05) is 0 Å². The van der Waals surface area contributed by atoms with Crippen molar-refractivity contribution in [3.05, 3.63) is 42.3 Å². The molecule has 0 aliphatic carbocycles. The number of hydrogen-bond donors (Lipinski definition) is 2. The Morgan fingerprint density at radius 2 is 2.00 bits per heavy atom. The average Bonchev–Trinajstić information content (AvgIpc) is 3.13. The molecule has 3 atom stereocenters. The first-order chi connectivity index (χ1) is 16.2. The van der Waals surface area contributed by atoms with Crippen molar-refractivity contribution in [2.75, 3.05) is 13.7 Å². The van der Waals surface area contributed by atoms with E-state index < -0.39 is 33.8 Å². The molecule has 11 nitrogen and oxygen atoms in total. The number of amides is 2. The van der Waals surface area contributed by atoms with Crippen LogP contribution in [-0.2, 0) is 19.6 Å². The van der Waals surface area contributed by atoms with E-state index in [-0.39, 0.29) is 40.8 Å². The third-order valence-electron chi connectivity index (χ3n) is 6.02. The molecule has 0 radical (unpaired) electrons. The molecule has 4 rings (SSSR count). The summed E-state index contributed by atoms with van der Waals surface area (Å²) in [6, 6.07) is 4.14. The molecular weight excluding hydrogens is 471 g/mol. The summed E-state index contributed by atoms with van der Waals surface area (Å²) in [5.74, 6) is -1.62. The van der Waals surface area contributed by atoms with Gasteiger partial charge in [0, 0.05) is 31.6 Å². The largest absolute Gasteiger partial charge is 0.494 e. The number of nitrogens with one attached hydrogen (secondary N) is 1. The van der Waals surface area contributed by atoms with Gasteiger partial charge in [0.05, 0.1) is 19.3 Å². The van der Waals surface area contributed by atoms with Gasteiger partial charge in [0.15, 0.2) is 11.6 Å². The summed E-state index contributed by atoms with van der Waals surface area (Å²) in [6.45, 7) is 1.26. The number of pyridine rings is 1. The third-order valence-corrected chi connectivity index (χ3v) is 7.85. The number of hydrogen-bond acceptors (Lipinski definition) is 8. The van der Waals surface area contributed by atoms with Crippen molar-refractivity contribution < 1.29 is 37.1 Å². The topological polar surface area (TPSA) is 138 Å². The lowest BCUT2D eigenvalue weighted by molar-refractivity contribution is -0.143. The minimum absolute atomic E-state index is 0.0228. The summed E-state index contributed by atoms with van der Waals surface area (Å²) in [5.41, 5.74) is 1.52. The van der Waals surface area contributed by atoms with Gasteiger partial charge in [-0.15, -0.1) is 0 Å². The third kappa shape index (κ3) is 4.17. The van der Waals surface area contributed by atoms with Gasteiger partial charge in [-0.1, -0.05) is 0 Å². The maximum atomic E-state index is 13.9. The molecule has 1 aromatic heterocycles. The fraction of sp³-hybridized carbons (Fsp3) is 0.381. The number of benzene rings is 1. The van der Waals surface area contributed by atoms with Crippen LogP contribution in [0.15, 0.2) is 41.4 Å². The van der Waals surface area contributed by atoms with Crippen LogP contribution in [0.25, 0.3) is 0 Å². The normalized spacial score (nSPS) is 22.4. The van der Waals surface area contributed by atoms with Gasteiger partial charge in [0.2, 0.25) is 21.8 Å². The van der Waals surface area contributed by atoms with Crippen molar-refractivity contribution in [3.63, 3.8) is 0 Å². The molecular formula is C21H23FN4O7S. The van der Waals surface area contributed by atoms with Gasteiger partial charge >= 0.3 is 0 Å². The van der Waals surface area contributed by atoms with E-state index in [4.69, 9.17) is 9.47 Å². The van der Waals surface area contributed by atoms with Gasteiger partial charge in [-0.3, -0.25) is 14.8 Å². The second kappa shape index (κ2) is 9.16. The Morgan fingerprint density at radius 3 is 2.59 bits per heavy atom. The number of aromatic nitrogens is 1. The number of nitrogens with zero attached hydrogens (tertiary/aromatic N) is 3. The van der Waals surface area contributed by atoms with Crippen LogP contribution in [0.4, 0.5) is 4.39 Å². The highest BCUT2D eigenvalue weighted by atomic mass is 32.2. The van der Waals surface area contributed by atoms with Gasteiger partial charge in [0.1, 0.15) is 16.7 Å². The number of methoxy groups -OCH3 is 1. The fourth-order valence-corrected chi connectivity index (χ4v) is 6.17. The highest BCUT2D eigenvalue weighted by molar-refractivity contribution is 7.89. The lowest BCUT2D eigenvalue weighted by Gasteiger charge is -2.44. The Bertz CT molecular complexity index is 1210. The van der Waals surface area contributed by atoms with Crippen LogP contribution in [0.5, 0.6) is 17.4 Å². The number of fused-ring (bicyclic) bond motifs is 2. The molecule has 0 saturated carbocycles. The van der Waals surface area contributed by atoms with Crippen molar-refractivity contribution in [1.29, 1.82) is 0 Å². The van der Waals surface area contributed by atoms with Gasteiger partial charge in [-0.2, -0.15) is 4.31 Å². The van der Waals surface area contributed by atoms with E-state index in [0.29, 0.717) is 12.8 Å². The Morgan fingerprint density at radius 1 is 1.24 bits per heavy atom. The van der Waals surface area contributed by atoms with E-state index >= 15 is 0 Å². The number of piperazine rings is 1. The van der Waals surface area contributed by atoms with Crippen LogP contribution in [0, 0.1) is 5.82 Å². The highest BCUT2D eigenvalue weighted by Gasteiger charge is 2.54. The molecule has 2 aliphatic heterocycles. The van der Waals surface area contributed by atoms with Crippen LogP contribution >= 0.6 is 0 Å². The Kier molecular flexibility index (Phi) is 6.43. The van der Waals surface area contributed by atoms with E-state index in [9.17, 15) is 27.6 Å². The predicted octanol–water partition coefficient (Wildman–Crippen LogP) is 1.28. The molecule has 2 aromatic rings. The molecule has 2 fully saturated rings. The van der Waals surface area contributed by atoms with Gasteiger partial charge < -0.3 is 14.4 Å². The smallest absolute Gasteiger partial charge is 0.263 e. The highest BCUT2D eigenvalue weighted by Crippen LogP contribution is 2.37. The summed E-state index contributed by atoms with van der Waals surface area (Å²) in [5, 5.41) is 9.23. The molecule has 2 saturated heterocycles. The summed E-state index contributed by atoms with van der Waals surface area (Å²) < 4.78 is 52.0. The van der Waals surface area contributed by atoms with E-state index in [2.05, 4.69) is 4.98 Å². The first-order valence-electron chi connectivity index (χ1n) is 10.4. The van der Waals surface area contributed by atoms with Crippen molar-refractivity contribution in [2.45, 2.75) is 42.8 Å². The van der Waals surface area contributed by atoms with Crippen LogP contribution < -0.4 is 15.0 Å². The van der Waals surface area contributed by atoms with Gasteiger partial charge in [-0.05, 0) is 31.0 Å². The summed E-state index contributed by atoms with van der Waals surface area (Å²) >= 11 is 0. The monoisotopic (exact) mass is 494 g/mol. The van der Waals surface area contributed by atoms with Crippen LogP contribution in [-0.4, -0.2) is 71.4 Å². The molecule has 2 aliphatic rings. The molecule has 0 unspecified atom stereocenters. The summed E-state index contributed by atoms with van der Waals surface area (Å²) in [7, 11) is -2.88. The molecule has 2 N–H and O–H groups in total. The molecule has 1 aromatic carbocycles. The van der Waals surface area contributed by atoms with Crippen LogP contribution in [0.3, 0.4) is 0 Å². The Balaban J connectivity index is 1.59. The number of sulfonamides is 1. The van der Waals surface area contributed by atoms with Crippen molar-refractivity contribution in [2.24, 2.45) is 0 Å². The average molecular weight is 495 g/mol. The zero-order valence-electron chi connectivity index (χ0n) is 18.3.